The second-order valence-electron chi connectivity index (χ2n) is 6.02. The summed E-state index contributed by atoms with van der Waals surface area (Å²) in [5, 5.41) is 9.71. The lowest BCUT2D eigenvalue weighted by atomic mass is 10.1. The summed E-state index contributed by atoms with van der Waals surface area (Å²) >= 11 is 6.04. The molecule has 28 heavy (non-hydrogen) atoms. The molecule has 2 aromatic carbocycles. The van der Waals surface area contributed by atoms with Gasteiger partial charge in [0, 0.05) is 26.2 Å². The largest absolute Gasteiger partial charge is 0.497 e. The van der Waals surface area contributed by atoms with E-state index in [1.54, 1.807) is 31.4 Å². The molecule has 0 unspecified atom stereocenters. The van der Waals surface area contributed by atoms with Crippen LogP contribution in [0.4, 0.5) is 0 Å². The minimum absolute atomic E-state index is 0.186. The zero-order valence-electron chi connectivity index (χ0n) is 16.3. The normalized spacial score (nSPS) is 11.0. The minimum atomic E-state index is -0.186. The van der Waals surface area contributed by atoms with E-state index in [1.807, 2.05) is 31.2 Å². The number of carbonyl (C=O) groups is 1. The fourth-order valence-electron chi connectivity index (χ4n) is 2.53. The molecular weight excluding hydrogens is 376 g/mol. The highest BCUT2D eigenvalue weighted by Gasteiger charge is 2.08. The lowest BCUT2D eigenvalue weighted by Gasteiger charge is -2.12. The highest BCUT2D eigenvalue weighted by Crippen LogP contribution is 2.14. The zero-order chi connectivity index (χ0) is 20.2. The van der Waals surface area contributed by atoms with E-state index in [-0.39, 0.29) is 5.91 Å². The van der Waals surface area contributed by atoms with E-state index in [1.165, 1.54) is 5.56 Å². The quantitative estimate of drug-likeness (QED) is 0.342. The van der Waals surface area contributed by atoms with Crippen molar-refractivity contribution in [2.45, 2.75) is 13.3 Å². The van der Waals surface area contributed by atoms with Gasteiger partial charge in [0.25, 0.3) is 5.91 Å². The third-order valence-electron chi connectivity index (χ3n) is 4.00. The number of aliphatic imine (C=N–C) groups is 1. The first-order valence-electron chi connectivity index (χ1n) is 9.32. The molecule has 0 aliphatic carbocycles. The third kappa shape index (κ3) is 7.12. The van der Waals surface area contributed by atoms with Gasteiger partial charge in [-0.15, -0.1) is 0 Å². The Labute approximate surface area is 171 Å². The number of nitrogens with one attached hydrogen (secondary N) is 3. The van der Waals surface area contributed by atoms with Gasteiger partial charge in [-0.1, -0.05) is 35.9 Å². The summed E-state index contributed by atoms with van der Waals surface area (Å²) in [4.78, 5) is 16.7. The number of halogens is 1. The summed E-state index contributed by atoms with van der Waals surface area (Å²) in [6.07, 6.45) is 0.837. The van der Waals surface area contributed by atoms with E-state index in [9.17, 15) is 4.79 Å². The molecule has 150 valence electrons. The van der Waals surface area contributed by atoms with Crippen LogP contribution in [0.25, 0.3) is 0 Å². The summed E-state index contributed by atoms with van der Waals surface area (Å²) in [5.41, 5.74) is 1.68. The van der Waals surface area contributed by atoms with Crippen molar-refractivity contribution in [2.75, 3.05) is 33.3 Å². The number of rotatable bonds is 9. The molecule has 6 nitrogen and oxygen atoms in total. The van der Waals surface area contributed by atoms with Crippen LogP contribution in [0.15, 0.2) is 53.5 Å². The van der Waals surface area contributed by atoms with Crippen molar-refractivity contribution in [1.29, 1.82) is 0 Å². The summed E-state index contributed by atoms with van der Waals surface area (Å²) in [7, 11) is 1.66. The number of carbonyl (C=O) groups excluding carboxylic acids is 1. The SMILES string of the molecule is CCNC(=NCCc1ccc(OC)cc1)NCCNC(=O)c1ccccc1Cl. The first-order valence-corrected chi connectivity index (χ1v) is 9.69. The predicted octanol–water partition coefficient (Wildman–Crippen LogP) is 2.88. The molecule has 0 radical (unpaired) electrons. The number of methoxy groups -OCH3 is 1. The van der Waals surface area contributed by atoms with Gasteiger partial charge < -0.3 is 20.7 Å². The molecule has 1 amide bonds. The predicted molar refractivity (Wildman–Crippen MR) is 114 cm³/mol. The van der Waals surface area contributed by atoms with E-state index in [2.05, 4.69) is 20.9 Å². The number of ether oxygens (including phenoxy) is 1. The molecular formula is C21H27ClN4O2. The minimum Gasteiger partial charge on any atom is -0.497 e. The summed E-state index contributed by atoms with van der Waals surface area (Å²) in [6.45, 7) is 4.46. The maximum atomic E-state index is 12.1. The molecule has 2 rings (SSSR count). The summed E-state index contributed by atoms with van der Waals surface area (Å²) in [6, 6.07) is 15.0. The van der Waals surface area contributed by atoms with Crippen molar-refractivity contribution in [3.63, 3.8) is 0 Å². The number of nitrogens with zero attached hydrogens (tertiary/aromatic N) is 1. The van der Waals surface area contributed by atoms with Crippen molar-refractivity contribution in [3.8, 4) is 5.75 Å². The topological polar surface area (TPSA) is 74.8 Å². The average Bonchev–Trinajstić information content (AvgIpc) is 2.71. The summed E-state index contributed by atoms with van der Waals surface area (Å²) in [5.74, 6) is 1.39. The van der Waals surface area contributed by atoms with Gasteiger partial charge in [-0.3, -0.25) is 9.79 Å². The van der Waals surface area contributed by atoms with Crippen LogP contribution in [-0.2, 0) is 6.42 Å². The Morgan fingerprint density at radius 2 is 1.75 bits per heavy atom. The number of amides is 1. The maximum absolute atomic E-state index is 12.1. The summed E-state index contributed by atoms with van der Waals surface area (Å²) < 4.78 is 5.17. The highest BCUT2D eigenvalue weighted by molar-refractivity contribution is 6.33. The molecule has 2 aromatic rings. The Bertz CT molecular complexity index is 778. The molecule has 0 fully saturated rings. The zero-order valence-corrected chi connectivity index (χ0v) is 17.1. The van der Waals surface area contributed by atoms with Gasteiger partial charge in [-0.05, 0) is 43.2 Å². The Morgan fingerprint density at radius 3 is 2.43 bits per heavy atom. The van der Waals surface area contributed by atoms with E-state index in [0.717, 1.165) is 24.7 Å². The van der Waals surface area contributed by atoms with Crippen LogP contribution in [0, 0.1) is 0 Å². The number of guanidine groups is 1. The highest BCUT2D eigenvalue weighted by atomic mass is 35.5. The van der Waals surface area contributed by atoms with E-state index in [0.29, 0.717) is 30.2 Å². The monoisotopic (exact) mass is 402 g/mol. The maximum Gasteiger partial charge on any atom is 0.252 e. The second kappa shape index (κ2) is 11.9. The Morgan fingerprint density at radius 1 is 1.04 bits per heavy atom. The Balaban J connectivity index is 1.76. The van der Waals surface area contributed by atoms with Crippen LogP contribution >= 0.6 is 11.6 Å². The molecule has 0 aromatic heterocycles. The van der Waals surface area contributed by atoms with Gasteiger partial charge in [0.1, 0.15) is 5.75 Å². The molecule has 0 aliphatic rings. The van der Waals surface area contributed by atoms with Crippen molar-refractivity contribution < 1.29 is 9.53 Å². The lowest BCUT2D eigenvalue weighted by molar-refractivity contribution is 0.0954. The lowest BCUT2D eigenvalue weighted by Crippen LogP contribution is -2.41. The van der Waals surface area contributed by atoms with Crippen LogP contribution in [-0.4, -0.2) is 45.2 Å². The first kappa shape index (κ1) is 21.6. The average molecular weight is 403 g/mol. The van der Waals surface area contributed by atoms with Crippen LogP contribution in [0.5, 0.6) is 5.75 Å². The molecule has 7 heteroatoms. The standard InChI is InChI=1S/C21H27ClN4O2/c1-3-23-21(25-13-12-16-8-10-17(28-2)11-9-16)26-15-14-24-20(27)18-6-4-5-7-19(18)22/h4-11H,3,12-15H2,1-2H3,(H,24,27)(H2,23,25,26). The van der Waals surface area contributed by atoms with Gasteiger partial charge in [0.2, 0.25) is 0 Å². The van der Waals surface area contributed by atoms with E-state index >= 15 is 0 Å². The van der Waals surface area contributed by atoms with Gasteiger partial charge >= 0.3 is 0 Å². The van der Waals surface area contributed by atoms with Crippen LogP contribution < -0.4 is 20.7 Å². The van der Waals surface area contributed by atoms with Gasteiger partial charge in [0.15, 0.2) is 5.96 Å². The molecule has 0 aliphatic heterocycles. The molecule has 0 saturated carbocycles. The van der Waals surface area contributed by atoms with E-state index in [4.69, 9.17) is 16.3 Å². The second-order valence-corrected chi connectivity index (χ2v) is 6.43. The van der Waals surface area contributed by atoms with Crippen LogP contribution in [0.3, 0.4) is 0 Å². The first-order chi connectivity index (χ1) is 13.6. The van der Waals surface area contributed by atoms with Crippen LogP contribution in [0.1, 0.15) is 22.8 Å². The molecule has 0 heterocycles. The fraction of sp³-hybridized carbons (Fsp3) is 0.333. The smallest absolute Gasteiger partial charge is 0.252 e. The van der Waals surface area contributed by atoms with Crippen molar-refractivity contribution in [2.24, 2.45) is 4.99 Å². The molecule has 0 spiro atoms. The molecule has 0 bridgehead atoms. The Hall–Kier alpha value is -2.73. The van der Waals surface area contributed by atoms with E-state index < -0.39 is 0 Å². The molecule has 0 atom stereocenters. The third-order valence-corrected chi connectivity index (χ3v) is 4.32. The number of hydrogen-bond donors (Lipinski definition) is 3. The molecule has 3 N–H and O–H groups in total. The van der Waals surface area contributed by atoms with Crippen molar-refractivity contribution >= 4 is 23.5 Å². The van der Waals surface area contributed by atoms with Gasteiger partial charge in [-0.2, -0.15) is 0 Å². The van der Waals surface area contributed by atoms with Gasteiger partial charge in [-0.25, -0.2) is 0 Å². The fourth-order valence-corrected chi connectivity index (χ4v) is 2.75. The molecule has 0 saturated heterocycles. The van der Waals surface area contributed by atoms with Crippen molar-refractivity contribution in [1.82, 2.24) is 16.0 Å². The number of hydrogen-bond acceptors (Lipinski definition) is 3. The number of benzene rings is 2. The van der Waals surface area contributed by atoms with Crippen molar-refractivity contribution in [3.05, 3.63) is 64.7 Å². The van der Waals surface area contributed by atoms with Gasteiger partial charge in [0.05, 0.1) is 17.7 Å². The van der Waals surface area contributed by atoms with Crippen LogP contribution in [0.2, 0.25) is 5.02 Å². The Kier molecular flexibility index (Phi) is 9.15.